The first-order valence-corrected chi connectivity index (χ1v) is 13.2. The van der Waals surface area contributed by atoms with Gasteiger partial charge in [0.25, 0.3) is 5.91 Å². The van der Waals surface area contributed by atoms with Crippen LogP contribution in [0.3, 0.4) is 0 Å². The Labute approximate surface area is 227 Å². The molecule has 4 aromatic rings. The normalized spacial score (nSPS) is 15.0. The van der Waals surface area contributed by atoms with E-state index in [1.807, 2.05) is 59.3 Å². The molecule has 6 nitrogen and oxygen atoms in total. The van der Waals surface area contributed by atoms with Crippen LogP contribution in [0, 0.1) is 11.3 Å². The number of fused-ring (bicyclic) bond motifs is 1. The van der Waals surface area contributed by atoms with Crippen LogP contribution in [0.15, 0.2) is 66.7 Å². The average molecular weight is 525 g/mol. The Morgan fingerprint density at radius 1 is 1.13 bits per heavy atom. The second kappa shape index (κ2) is 10.7. The Balaban J connectivity index is 1.58. The number of phenolic OH excluding ortho intramolecular Hbond substituents is 1. The highest BCUT2D eigenvalue weighted by Gasteiger charge is 2.29. The number of carbonyl (C=O) groups excluding carboxylic acids is 1. The third-order valence-corrected chi connectivity index (χ3v) is 7.61. The van der Waals surface area contributed by atoms with Crippen LogP contribution < -0.4 is 4.90 Å². The molecule has 192 valence electrons. The molecule has 3 aromatic carbocycles. The van der Waals surface area contributed by atoms with Crippen molar-refractivity contribution in [1.82, 2.24) is 9.88 Å². The number of amides is 1. The van der Waals surface area contributed by atoms with Crippen LogP contribution in [0.5, 0.6) is 5.75 Å². The van der Waals surface area contributed by atoms with Crippen LogP contribution in [-0.4, -0.2) is 40.5 Å². The highest BCUT2D eigenvalue weighted by molar-refractivity contribution is 6.32. The second-order valence-corrected chi connectivity index (χ2v) is 10.2. The van der Waals surface area contributed by atoms with Crippen molar-refractivity contribution in [1.29, 1.82) is 5.26 Å². The maximum atomic E-state index is 14.0. The summed E-state index contributed by atoms with van der Waals surface area (Å²) in [6.45, 7) is 3.40. The summed E-state index contributed by atoms with van der Waals surface area (Å²) in [6.07, 6.45) is 2.97. The fourth-order valence-corrected chi connectivity index (χ4v) is 5.39. The van der Waals surface area contributed by atoms with E-state index >= 15 is 0 Å². The molecule has 1 unspecified atom stereocenters. The van der Waals surface area contributed by atoms with Crippen molar-refractivity contribution in [2.45, 2.75) is 38.8 Å². The molecule has 1 aliphatic heterocycles. The molecule has 1 amide bonds. The zero-order valence-electron chi connectivity index (χ0n) is 21.5. The fourth-order valence-electron chi connectivity index (χ4n) is 5.19. The van der Waals surface area contributed by atoms with Crippen molar-refractivity contribution >= 4 is 34.2 Å². The topological polar surface area (TPSA) is 80.5 Å². The number of halogens is 1. The lowest BCUT2D eigenvalue weighted by Crippen LogP contribution is -2.35. The molecule has 0 bridgehead atoms. The standard InChI is InChI=1S/C31H29ClN4O2/c1-3-24-5-4-14-36(24)31(38)26-17-30(35(2)19-21-8-13-29(37)27(32)15-21)34-28-12-11-23(16-25(26)28)22-9-6-20(18-33)7-10-22/h6-13,15-17,24,37H,3-5,14,19H2,1-2H3. The van der Waals surface area contributed by atoms with Gasteiger partial charge in [0.1, 0.15) is 11.6 Å². The Kier molecular flexibility index (Phi) is 7.22. The molecular formula is C31H29ClN4O2. The number of nitriles is 1. The Morgan fingerprint density at radius 3 is 2.61 bits per heavy atom. The molecule has 7 heteroatoms. The van der Waals surface area contributed by atoms with Gasteiger partial charge in [-0.1, -0.05) is 42.8 Å². The fraction of sp³-hybridized carbons (Fsp3) is 0.258. The van der Waals surface area contributed by atoms with Gasteiger partial charge >= 0.3 is 0 Å². The monoisotopic (exact) mass is 524 g/mol. The van der Waals surface area contributed by atoms with Gasteiger partial charge in [-0.3, -0.25) is 4.79 Å². The quantitative estimate of drug-likeness (QED) is 0.300. The highest BCUT2D eigenvalue weighted by Crippen LogP contribution is 2.32. The molecule has 38 heavy (non-hydrogen) atoms. The Bertz CT molecular complexity index is 1540. The summed E-state index contributed by atoms with van der Waals surface area (Å²) >= 11 is 6.12. The highest BCUT2D eigenvalue weighted by atomic mass is 35.5. The number of aromatic nitrogens is 1. The molecule has 0 saturated carbocycles. The summed E-state index contributed by atoms with van der Waals surface area (Å²) in [4.78, 5) is 22.9. The van der Waals surface area contributed by atoms with Crippen LogP contribution in [0.1, 0.15) is 47.7 Å². The summed E-state index contributed by atoms with van der Waals surface area (Å²) < 4.78 is 0. The SMILES string of the molecule is CCC1CCCN1C(=O)c1cc(N(C)Cc2ccc(O)c(Cl)c2)nc2ccc(-c3ccc(C#N)cc3)cc12. The molecule has 0 radical (unpaired) electrons. The minimum absolute atomic E-state index is 0.0288. The Hall–Kier alpha value is -4.08. The number of hydrogen-bond acceptors (Lipinski definition) is 5. The molecule has 1 N–H and O–H groups in total. The van der Waals surface area contributed by atoms with Crippen molar-refractivity contribution in [2.24, 2.45) is 0 Å². The van der Waals surface area contributed by atoms with E-state index in [0.717, 1.165) is 53.4 Å². The van der Waals surface area contributed by atoms with Gasteiger partial charge in [-0.2, -0.15) is 5.26 Å². The van der Waals surface area contributed by atoms with E-state index < -0.39 is 0 Å². The maximum absolute atomic E-state index is 14.0. The smallest absolute Gasteiger partial charge is 0.254 e. The summed E-state index contributed by atoms with van der Waals surface area (Å²) in [6, 6.07) is 22.9. The minimum atomic E-state index is 0.0288. The van der Waals surface area contributed by atoms with E-state index in [1.54, 1.807) is 24.3 Å². The lowest BCUT2D eigenvalue weighted by atomic mass is 9.99. The summed E-state index contributed by atoms with van der Waals surface area (Å²) in [7, 11) is 1.93. The van der Waals surface area contributed by atoms with Crippen molar-refractivity contribution in [3.8, 4) is 22.9 Å². The number of phenols is 1. The maximum Gasteiger partial charge on any atom is 0.254 e. The summed E-state index contributed by atoms with van der Waals surface area (Å²) in [5.41, 5.74) is 4.84. The van der Waals surface area contributed by atoms with Gasteiger partial charge in [0, 0.05) is 31.6 Å². The molecule has 1 fully saturated rings. The van der Waals surface area contributed by atoms with Crippen molar-refractivity contribution < 1.29 is 9.90 Å². The average Bonchev–Trinajstić information content (AvgIpc) is 3.43. The largest absolute Gasteiger partial charge is 0.506 e. The predicted octanol–water partition coefficient (Wildman–Crippen LogP) is 6.78. The number of nitrogens with zero attached hydrogens (tertiary/aromatic N) is 4. The van der Waals surface area contributed by atoms with Gasteiger partial charge in [-0.25, -0.2) is 4.98 Å². The van der Waals surface area contributed by atoms with E-state index in [-0.39, 0.29) is 17.7 Å². The van der Waals surface area contributed by atoms with Crippen LogP contribution in [0.4, 0.5) is 5.82 Å². The number of anilines is 1. The molecule has 1 saturated heterocycles. The van der Waals surface area contributed by atoms with Gasteiger partial charge in [-0.15, -0.1) is 0 Å². The molecular weight excluding hydrogens is 496 g/mol. The second-order valence-electron chi connectivity index (χ2n) is 9.79. The zero-order chi connectivity index (χ0) is 26.8. The molecule has 5 rings (SSSR count). The molecule has 0 aliphatic carbocycles. The number of aromatic hydroxyl groups is 1. The van der Waals surface area contributed by atoms with Gasteiger partial charge in [0.05, 0.1) is 27.7 Å². The van der Waals surface area contributed by atoms with Crippen LogP contribution in [0.2, 0.25) is 5.02 Å². The lowest BCUT2D eigenvalue weighted by Gasteiger charge is -2.26. The van der Waals surface area contributed by atoms with Crippen LogP contribution >= 0.6 is 11.6 Å². The van der Waals surface area contributed by atoms with E-state index in [0.29, 0.717) is 28.5 Å². The van der Waals surface area contributed by atoms with Crippen LogP contribution in [-0.2, 0) is 6.54 Å². The molecule has 1 aliphatic rings. The van der Waals surface area contributed by atoms with Crippen molar-refractivity contribution in [3.63, 3.8) is 0 Å². The molecule has 0 spiro atoms. The van der Waals surface area contributed by atoms with Crippen LogP contribution in [0.25, 0.3) is 22.0 Å². The van der Waals surface area contributed by atoms with E-state index in [4.69, 9.17) is 21.8 Å². The summed E-state index contributed by atoms with van der Waals surface area (Å²) in [5.74, 6) is 0.758. The van der Waals surface area contributed by atoms with Gasteiger partial charge in [0.2, 0.25) is 0 Å². The van der Waals surface area contributed by atoms with Gasteiger partial charge in [0.15, 0.2) is 0 Å². The lowest BCUT2D eigenvalue weighted by molar-refractivity contribution is 0.0735. The zero-order valence-corrected chi connectivity index (χ0v) is 22.2. The predicted molar refractivity (Wildman–Crippen MR) is 151 cm³/mol. The molecule has 2 heterocycles. The third kappa shape index (κ3) is 5.03. The number of rotatable bonds is 6. The third-order valence-electron chi connectivity index (χ3n) is 7.31. The van der Waals surface area contributed by atoms with Crippen molar-refractivity contribution in [3.05, 3.63) is 88.4 Å². The minimum Gasteiger partial charge on any atom is -0.506 e. The number of likely N-dealkylation sites (tertiary alicyclic amines) is 1. The number of pyridine rings is 1. The van der Waals surface area contributed by atoms with Gasteiger partial charge < -0.3 is 14.9 Å². The number of carbonyl (C=O) groups is 1. The number of hydrogen-bond donors (Lipinski definition) is 1. The van der Waals surface area contributed by atoms with E-state index in [1.165, 1.54) is 0 Å². The first-order chi connectivity index (χ1) is 18.4. The molecule has 1 atom stereocenters. The van der Waals surface area contributed by atoms with Gasteiger partial charge in [-0.05, 0) is 78.4 Å². The van der Waals surface area contributed by atoms with E-state index in [2.05, 4.69) is 13.0 Å². The molecule has 1 aromatic heterocycles. The van der Waals surface area contributed by atoms with E-state index in [9.17, 15) is 9.90 Å². The summed E-state index contributed by atoms with van der Waals surface area (Å²) in [5, 5.41) is 20.0. The van der Waals surface area contributed by atoms with Crippen molar-refractivity contribution in [2.75, 3.05) is 18.5 Å². The first-order valence-electron chi connectivity index (χ1n) is 12.8. The Morgan fingerprint density at radius 2 is 1.89 bits per heavy atom. The first kappa shape index (κ1) is 25.6. The number of benzene rings is 3.